The van der Waals surface area contributed by atoms with Crippen molar-refractivity contribution in [2.24, 2.45) is 0 Å². The van der Waals surface area contributed by atoms with Crippen molar-refractivity contribution in [3.63, 3.8) is 0 Å². The van der Waals surface area contributed by atoms with Gasteiger partial charge in [-0.1, -0.05) is 0 Å². The zero-order valence-electron chi connectivity index (χ0n) is 9.47. The number of piperazine rings is 1. The molecular weight excluding hydrogens is 222 g/mol. The maximum atomic E-state index is 12.1. The summed E-state index contributed by atoms with van der Waals surface area (Å²) < 4.78 is 1.78. The summed E-state index contributed by atoms with van der Waals surface area (Å²) in [6.07, 6.45) is 1.79. The molecule has 1 N–H and O–H groups in total. The summed E-state index contributed by atoms with van der Waals surface area (Å²) in [5, 5.41) is 2.16. The van der Waals surface area contributed by atoms with E-state index in [2.05, 4.69) is 5.32 Å². The largest absolute Gasteiger partial charge is 0.344 e. The van der Waals surface area contributed by atoms with Crippen LogP contribution in [0.25, 0.3) is 0 Å². The number of aromatic nitrogens is 1. The van der Waals surface area contributed by atoms with E-state index in [0.717, 1.165) is 0 Å². The monoisotopic (exact) mass is 235 g/mol. The van der Waals surface area contributed by atoms with Crippen LogP contribution in [0.1, 0.15) is 17.4 Å². The van der Waals surface area contributed by atoms with Crippen molar-refractivity contribution in [1.82, 2.24) is 14.8 Å². The zero-order chi connectivity index (χ0) is 12.4. The lowest BCUT2D eigenvalue weighted by molar-refractivity contribution is -0.135. The van der Waals surface area contributed by atoms with Crippen LogP contribution in [0.15, 0.2) is 18.3 Å². The Morgan fingerprint density at radius 1 is 1.35 bits per heavy atom. The number of nitrogens with one attached hydrogen (secondary N) is 1. The van der Waals surface area contributed by atoms with E-state index in [-0.39, 0.29) is 19.0 Å². The molecule has 6 heteroatoms. The van der Waals surface area contributed by atoms with Crippen molar-refractivity contribution in [3.05, 3.63) is 24.0 Å². The van der Waals surface area contributed by atoms with Gasteiger partial charge < -0.3 is 9.47 Å². The molecular formula is C11H13N3O3. The third-order valence-corrected chi connectivity index (χ3v) is 2.62. The van der Waals surface area contributed by atoms with Crippen LogP contribution in [0.5, 0.6) is 0 Å². The van der Waals surface area contributed by atoms with E-state index in [4.69, 9.17) is 0 Å². The Morgan fingerprint density at radius 2 is 2.00 bits per heavy atom. The number of rotatable bonds is 2. The minimum Gasteiger partial charge on any atom is -0.344 e. The van der Waals surface area contributed by atoms with Gasteiger partial charge in [-0.3, -0.25) is 19.7 Å². The SMILES string of the molecule is CCn1cccc1C(=O)N1CC(=O)NC(=O)C1. The standard InChI is InChI=1S/C11H13N3O3/c1-2-13-5-3-4-8(13)11(17)14-6-9(15)12-10(16)7-14/h3-5H,2,6-7H2,1H3,(H,12,15,16). The molecule has 1 aliphatic rings. The van der Waals surface area contributed by atoms with E-state index in [1.54, 1.807) is 22.9 Å². The average molecular weight is 235 g/mol. The fourth-order valence-corrected chi connectivity index (χ4v) is 1.83. The lowest BCUT2D eigenvalue weighted by Gasteiger charge is -2.25. The van der Waals surface area contributed by atoms with Gasteiger partial charge in [0.25, 0.3) is 5.91 Å². The van der Waals surface area contributed by atoms with Crippen molar-refractivity contribution < 1.29 is 14.4 Å². The lowest BCUT2D eigenvalue weighted by atomic mass is 10.3. The maximum Gasteiger partial charge on any atom is 0.271 e. The highest BCUT2D eigenvalue weighted by atomic mass is 16.2. The van der Waals surface area contributed by atoms with Gasteiger partial charge in [0.05, 0.1) is 0 Å². The minimum absolute atomic E-state index is 0.0700. The highest BCUT2D eigenvalue weighted by Gasteiger charge is 2.28. The Hall–Kier alpha value is -2.11. The highest BCUT2D eigenvalue weighted by molar-refractivity contribution is 6.05. The lowest BCUT2D eigenvalue weighted by Crippen LogP contribution is -2.53. The van der Waals surface area contributed by atoms with Gasteiger partial charge in [-0.15, -0.1) is 0 Å². The van der Waals surface area contributed by atoms with Crippen LogP contribution >= 0.6 is 0 Å². The molecule has 1 saturated heterocycles. The summed E-state index contributed by atoms with van der Waals surface area (Å²) in [6, 6.07) is 3.45. The summed E-state index contributed by atoms with van der Waals surface area (Å²) in [5.74, 6) is -1.17. The Bertz CT molecular complexity index is 462. The fourth-order valence-electron chi connectivity index (χ4n) is 1.83. The van der Waals surface area contributed by atoms with Gasteiger partial charge in [-0.05, 0) is 19.1 Å². The molecule has 1 fully saturated rings. The first-order valence-electron chi connectivity index (χ1n) is 5.39. The van der Waals surface area contributed by atoms with Gasteiger partial charge in [0.1, 0.15) is 18.8 Å². The van der Waals surface area contributed by atoms with Crippen LogP contribution in [0.4, 0.5) is 0 Å². The number of carbonyl (C=O) groups is 3. The third-order valence-electron chi connectivity index (χ3n) is 2.62. The third kappa shape index (κ3) is 2.20. The van der Waals surface area contributed by atoms with E-state index in [1.807, 2.05) is 6.92 Å². The zero-order valence-corrected chi connectivity index (χ0v) is 9.47. The smallest absolute Gasteiger partial charge is 0.271 e. The van der Waals surface area contributed by atoms with Gasteiger partial charge in [0, 0.05) is 12.7 Å². The van der Waals surface area contributed by atoms with Gasteiger partial charge in [-0.25, -0.2) is 0 Å². The van der Waals surface area contributed by atoms with Crippen molar-refractivity contribution in [3.8, 4) is 0 Å². The van der Waals surface area contributed by atoms with Crippen LogP contribution in [0.2, 0.25) is 0 Å². The molecule has 0 aliphatic carbocycles. The molecule has 0 unspecified atom stereocenters. The second-order valence-electron chi connectivity index (χ2n) is 3.81. The Kier molecular flexibility index (Phi) is 2.95. The first kappa shape index (κ1) is 11.4. The molecule has 6 nitrogen and oxygen atoms in total. The predicted octanol–water partition coefficient (Wildman–Crippen LogP) is -0.393. The first-order chi connectivity index (χ1) is 8.11. The van der Waals surface area contributed by atoms with Crippen molar-refractivity contribution in [2.75, 3.05) is 13.1 Å². The summed E-state index contributed by atoms with van der Waals surface area (Å²) in [4.78, 5) is 35.7. The van der Waals surface area contributed by atoms with Crippen LogP contribution in [0, 0.1) is 0 Å². The normalized spacial score (nSPS) is 15.9. The maximum absolute atomic E-state index is 12.1. The van der Waals surface area contributed by atoms with Crippen LogP contribution < -0.4 is 5.32 Å². The van der Waals surface area contributed by atoms with Crippen LogP contribution in [-0.2, 0) is 16.1 Å². The van der Waals surface area contributed by atoms with E-state index < -0.39 is 11.8 Å². The van der Waals surface area contributed by atoms with Gasteiger partial charge >= 0.3 is 0 Å². The van der Waals surface area contributed by atoms with Crippen molar-refractivity contribution >= 4 is 17.7 Å². The van der Waals surface area contributed by atoms with Gasteiger partial charge in [-0.2, -0.15) is 0 Å². The minimum atomic E-state index is -0.441. The molecule has 0 bridgehead atoms. The predicted molar refractivity (Wildman–Crippen MR) is 59.2 cm³/mol. The molecule has 0 spiro atoms. The highest BCUT2D eigenvalue weighted by Crippen LogP contribution is 2.08. The molecule has 1 aromatic rings. The number of aryl methyl sites for hydroxylation is 1. The molecule has 90 valence electrons. The summed E-state index contributed by atoms with van der Waals surface area (Å²) in [6.45, 7) is 2.45. The Labute approximate surface area is 98.2 Å². The Morgan fingerprint density at radius 3 is 2.59 bits per heavy atom. The number of hydrogen-bond donors (Lipinski definition) is 1. The first-order valence-corrected chi connectivity index (χ1v) is 5.39. The summed E-state index contributed by atoms with van der Waals surface area (Å²) in [7, 11) is 0. The number of amides is 3. The topological polar surface area (TPSA) is 71.4 Å². The molecule has 0 radical (unpaired) electrons. The summed E-state index contributed by atoms with van der Waals surface area (Å²) in [5.41, 5.74) is 0.495. The van der Waals surface area contributed by atoms with E-state index >= 15 is 0 Å². The van der Waals surface area contributed by atoms with Crippen molar-refractivity contribution in [1.29, 1.82) is 0 Å². The van der Waals surface area contributed by atoms with Crippen LogP contribution in [0.3, 0.4) is 0 Å². The molecule has 1 aliphatic heterocycles. The molecule has 0 saturated carbocycles. The number of imide groups is 1. The second kappa shape index (κ2) is 4.40. The average Bonchev–Trinajstić information content (AvgIpc) is 2.74. The van der Waals surface area contributed by atoms with Gasteiger partial charge in [0.15, 0.2) is 0 Å². The number of nitrogens with zero attached hydrogens (tertiary/aromatic N) is 2. The molecule has 3 amide bonds. The molecule has 17 heavy (non-hydrogen) atoms. The number of hydrogen-bond acceptors (Lipinski definition) is 3. The van der Waals surface area contributed by atoms with Crippen molar-refractivity contribution in [2.45, 2.75) is 13.5 Å². The molecule has 2 heterocycles. The van der Waals surface area contributed by atoms with E-state index in [0.29, 0.717) is 12.2 Å². The van der Waals surface area contributed by atoms with E-state index in [1.165, 1.54) is 4.90 Å². The van der Waals surface area contributed by atoms with E-state index in [9.17, 15) is 14.4 Å². The van der Waals surface area contributed by atoms with Gasteiger partial charge in [0.2, 0.25) is 11.8 Å². The quantitative estimate of drug-likeness (QED) is 0.709. The fraction of sp³-hybridized carbons (Fsp3) is 0.364. The summed E-state index contributed by atoms with van der Waals surface area (Å²) >= 11 is 0. The second-order valence-corrected chi connectivity index (χ2v) is 3.81. The molecule has 1 aromatic heterocycles. The molecule has 0 atom stereocenters. The van der Waals surface area contributed by atoms with Crippen LogP contribution in [-0.4, -0.2) is 40.3 Å². The molecule has 2 rings (SSSR count). The molecule has 0 aromatic carbocycles. The number of carbonyl (C=O) groups excluding carboxylic acids is 3. The Balaban J connectivity index is 2.20.